The second-order valence-electron chi connectivity index (χ2n) is 6.44. The van der Waals surface area contributed by atoms with E-state index in [1.807, 2.05) is 0 Å². The summed E-state index contributed by atoms with van der Waals surface area (Å²) in [4.78, 5) is 53.5. The topological polar surface area (TPSA) is 119 Å². The molecule has 1 aliphatic rings. The van der Waals surface area contributed by atoms with E-state index >= 15 is 0 Å². The van der Waals surface area contributed by atoms with Crippen LogP contribution in [-0.2, 0) is 14.3 Å². The maximum atomic E-state index is 12.8. The van der Waals surface area contributed by atoms with Gasteiger partial charge < -0.3 is 9.15 Å². The van der Waals surface area contributed by atoms with Gasteiger partial charge in [0.1, 0.15) is 17.1 Å². The Labute approximate surface area is 175 Å². The van der Waals surface area contributed by atoms with E-state index in [2.05, 4.69) is 15.0 Å². The molecule has 0 bridgehead atoms. The van der Waals surface area contributed by atoms with E-state index in [9.17, 15) is 19.2 Å². The summed E-state index contributed by atoms with van der Waals surface area (Å²) in [6, 6.07) is 12.0. The van der Waals surface area contributed by atoms with Crippen LogP contribution in [0.25, 0.3) is 17.4 Å². The second-order valence-corrected chi connectivity index (χ2v) is 6.44. The zero-order valence-electron chi connectivity index (χ0n) is 16.2. The van der Waals surface area contributed by atoms with Crippen LogP contribution in [0.2, 0.25) is 0 Å². The van der Waals surface area contributed by atoms with Gasteiger partial charge in [0.2, 0.25) is 0 Å². The largest absolute Gasteiger partial charge is 0.465 e. The molecule has 1 saturated heterocycles. The fourth-order valence-corrected chi connectivity index (χ4v) is 2.99. The summed E-state index contributed by atoms with van der Waals surface area (Å²) >= 11 is 0. The zero-order chi connectivity index (χ0) is 22.0. The molecule has 0 spiro atoms. The van der Waals surface area contributed by atoms with Gasteiger partial charge in [-0.1, -0.05) is 12.1 Å². The molecule has 1 aliphatic heterocycles. The Morgan fingerprint density at radius 2 is 1.87 bits per heavy atom. The van der Waals surface area contributed by atoms with Gasteiger partial charge in [-0.2, -0.15) is 0 Å². The summed E-state index contributed by atoms with van der Waals surface area (Å²) in [7, 11) is 1.30. The number of pyridine rings is 1. The predicted octanol–water partition coefficient (Wildman–Crippen LogP) is 2.79. The van der Waals surface area contributed by atoms with Gasteiger partial charge in [0.05, 0.1) is 24.6 Å². The van der Waals surface area contributed by atoms with Gasteiger partial charge in [0.15, 0.2) is 0 Å². The molecule has 3 heterocycles. The number of carbonyl (C=O) groups is 4. The number of carbonyl (C=O) groups excluding carboxylic acids is 4. The van der Waals surface area contributed by atoms with Crippen molar-refractivity contribution in [2.24, 2.45) is 0 Å². The highest BCUT2D eigenvalue weighted by molar-refractivity contribution is 6.39. The number of hydrogen-bond acceptors (Lipinski definition) is 7. The highest BCUT2D eigenvalue weighted by atomic mass is 16.5. The number of anilines is 1. The third kappa shape index (κ3) is 3.84. The Kier molecular flexibility index (Phi) is 5.15. The van der Waals surface area contributed by atoms with Crippen LogP contribution in [0.3, 0.4) is 0 Å². The first-order chi connectivity index (χ1) is 15.0. The molecule has 0 unspecified atom stereocenters. The minimum atomic E-state index is -0.856. The van der Waals surface area contributed by atoms with Crippen molar-refractivity contribution in [3.63, 3.8) is 0 Å². The molecule has 0 radical (unpaired) electrons. The lowest BCUT2D eigenvalue weighted by Crippen LogP contribution is -2.54. The van der Waals surface area contributed by atoms with Gasteiger partial charge in [-0.3, -0.25) is 19.9 Å². The van der Waals surface area contributed by atoms with Gasteiger partial charge in [-0.05, 0) is 42.5 Å². The lowest BCUT2D eigenvalue weighted by molar-refractivity contribution is -0.122. The number of methoxy groups -OCH3 is 1. The van der Waals surface area contributed by atoms with E-state index in [-0.39, 0.29) is 17.0 Å². The van der Waals surface area contributed by atoms with Crippen molar-refractivity contribution in [1.29, 1.82) is 0 Å². The van der Waals surface area contributed by atoms with Crippen LogP contribution in [0.4, 0.5) is 10.5 Å². The fraction of sp³-hybridized carbons (Fsp3) is 0.0455. The molecule has 3 aromatic rings. The molecule has 9 heteroatoms. The maximum Gasteiger partial charge on any atom is 0.337 e. The molecule has 0 saturated carbocycles. The monoisotopic (exact) mass is 417 g/mol. The smallest absolute Gasteiger partial charge is 0.337 e. The zero-order valence-corrected chi connectivity index (χ0v) is 16.2. The molecule has 1 aromatic carbocycles. The number of nitrogens with zero attached hydrogens (tertiary/aromatic N) is 2. The minimum absolute atomic E-state index is 0.231. The Hall–Kier alpha value is -4.53. The molecule has 1 N–H and O–H groups in total. The molecule has 0 aliphatic carbocycles. The van der Waals surface area contributed by atoms with Crippen LogP contribution in [-0.4, -0.2) is 35.9 Å². The summed E-state index contributed by atoms with van der Waals surface area (Å²) in [6.45, 7) is 0. The van der Waals surface area contributed by atoms with Gasteiger partial charge in [0, 0.05) is 11.8 Å². The summed E-state index contributed by atoms with van der Waals surface area (Å²) in [5, 5.41) is 2.14. The third-order valence-corrected chi connectivity index (χ3v) is 4.51. The molecule has 4 rings (SSSR count). The third-order valence-electron chi connectivity index (χ3n) is 4.51. The number of imide groups is 2. The average molecular weight is 417 g/mol. The number of benzene rings is 1. The summed E-state index contributed by atoms with van der Waals surface area (Å²) in [5.74, 6) is -1.36. The van der Waals surface area contributed by atoms with Crippen LogP contribution in [0.5, 0.6) is 0 Å². The van der Waals surface area contributed by atoms with Crippen molar-refractivity contribution >= 4 is 35.6 Å². The molecular weight excluding hydrogens is 402 g/mol. The van der Waals surface area contributed by atoms with Gasteiger partial charge in [-0.15, -0.1) is 0 Å². The van der Waals surface area contributed by atoms with Crippen molar-refractivity contribution in [2.75, 3.05) is 12.0 Å². The Balaban J connectivity index is 1.62. The van der Waals surface area contributed by atoms with Crippen molar-refractivity contribution in [1.82, 2.24) is 10.3 Å². The number of hydrogen-bond donors (Lipinski definition) is 1. The maximum absolute atomic E-state index is 12.8. The lowest BCUT2D eigenvalue weighted by atomic mass is 10.1. The van der Waals surface area contributed by atoms with Crippen molar-refractivity contribution in [2.45, 2.75) is 0 Å². The predicted molar refractivity (Wildman–Crippen MR) is 109 cm³/mol. The number of furan rings is 1. The quantitative estimate of drug-likeness (QED) is 0.394. The van der Waals surface area contributed by atoms with E-state index in [0.717, 1.165) is 4.90 Å². The number of ether oxygens (including phenoxy) is 1. The molecule has 2 aromatic heterocycles. The highest BCUT2D eigenvalue weighted by Gasteiger charge is 2.37. The van der Waals surface area contributed by atoms with Crippen molar-refractivity contribution in [3.05, 3.63) is 77.8 Å². The fourth-order valence-electron chi connectivity index (χ4n) is 2.99. The molecular formula is C22H15N3O6. The number of rotatable bonds is 4. The number of amides is 4. The lowest BCUT2D eigenvalue weighted by Gasteiger charge is -2.25. The van der Waals surface area contributed by atoms with Gasteiger partial charge >= 0.3 is 12.0 Å². The minimum Gasteiger partial charge on any atom is -0.465 e. The molecule has 9 nitrogen and oxygen atoms in total. The van der Waals surface area contributed by atoms with Gasteiger partial charge in [0.25, 0.3) is 11.8 Å². The van der Waals surface area contributed by atoms with E-state index in [0.29, 0.717) is 16.9 Å². The Bertz CT molecular complexity index is 1210. The first kappa shape index (κ1) is 19.8. The number of aromatic nitrogens is 1. The van der Waals surface area contributed by atoms with E-state index in [4.69, 9.17) is 4.42 Å². The summed E-state index contributed by atoms with van der Waals surface area (Å²) in [5.41, 5.74) is 1.05. The van der Waals surface area contributed by atoms with Crippen LogP contribution in [0.15, 0.2) is 70.9 Å². The van der Waals surface area contributed by atoms with Crippen LogP contribution < -0.4 is 10.2 Å². The first-order valence-electron chi connectivity index (χ1n) is 9.08. The molecule has 154 valence electrons. The normalized spacial score (nSPS) is 15.2. The standard InChI is InChI=1S/C22H15N3O6/c1-30-21(28)14-6-4-13(5-7-14)18-9-8-16(31-18)11-17-19(26)24-22(29)25(20(17)27)15-3-2-10-23-12-15/h2-12H,1H3,(H,24,26,29)/b17-11+. The van der Waals surface area contributed by atoms with E-state index < -0.39 is 23.8 Å². The molecule has 31 heavy (non-hydrogen) atoms. The van der Waals surface area contributed by atoms with Crippen LogP contribution in [0, 0.1) is 0 Å². The van der Waals surface area contributed by atoms with Crippen molar-refractivity contribution in [3.8, 4) is 11.3 Å². The molecule has 1 fully saturated rings. The highest BCUT2D eigenvalue weighted by Crippen LogP contribution is 2.26. The first-order valence-corrected chi connectivity index (χ1v) is 9.08. The number of esters is 1. The van der Waals surface area contributed by atoms with E-state index in [1.165, 1.54) is 31.6 Å². The number of nitrogens with one attached hydrogen (secondary N) is 1. The average Bonchev–Trinajstić information content (AvgIpc) is 3.25. The van der Waals surface area contributed by atoms with Gasteiger partial charge in [-0.25, -0.2) is 14.5 Å². The second kappa shape index (κ2) is 8.07. The summed E-state index contributed by atoms with van der Waals surface area (Å²) < 4.78 is 10.4. The SMILES string of the molecule is COC(=O)c1ccc(-c2ccc(/C=C3\C(=O)NC(=O)N(c4cccnc4)C3=O)o2)cc1. The van der Waals surface area contributed by atoms with E-state index in [1.54, 1.807) is 42.5 Å². The molecule has 0 atom stereocenters. The summed E-state index contributed by atoms with van der Waals surface area (Å²) in [6.07, 6.45) is 4.10. The Morgan fingerprint density at radius 3 is 2.55 bits per heavy atom. The Morgan fingerprint density at radius 1 is 1.10 bits per heavy atom. The van der Waals surface area contributed by atoms with Crippen LogP contribution in [0.1, 0.15) is 16.1 Å². The van der Waals surface area contributed by atoms with Crippen molar-refractivity contribution < 1.29 is 28.3 Å². The van der Waals surface area contributed by atoms with Crippen LogP contribution >= 0.6 is 0 Å². The molecule has 4 amide bonds. The number of barbiturate groups is 1. The number of urea groups is 1.